The van der Waals surface area contributed by atoms with Crippen LogP contribution < -0.4 is 4.40 Å². The van der Waals surface area contributed by atoms with Gasteiger partial charge >= 0.3 is 99.8 Å². The summed E-state index contributed by atoms with van der Waals surface area (Å²) in [6.07, 6.45) is 12.5. The molecule has 5 heteroatoms. The number of aromatic nitrogens is 2. The summed E-state index contributed by atoms with van der Waals surface area (Å²) in [6.45, 7) is 0. The minimum Gasteiger partial charge on any atom is -0.305 e. The first-order valence-electron chi connectivity index (χ1n) is 18.2. The van der Waals surface area contributed by atoms with Gasteiger partial charge in [0.05, 0.1) is 0 Å². The molecule has 0 spiro atoms. The van der Waals surface area contributed by atoms with Gasteiger partial charge in [-0.1, -0.05) is 78.4 Å². The SMILES string of the molecule is [CH3][Ge]([CH3])([CH3])[c]1ccc(-c2[c-]cccc2)nc1.[Ir].[c-]1cc2sc3c(-c4ccccc4)cccc3c2cc1-c1cc(CC2CC3CCC2CC3)ccn1. The Hall–Kier alpha value is -3.41. The van der Waals surface area contributed by atoms with Crippen LogP contribution >= 0.6 is 11.3 Å². The van der Waals surface area contributed by atoms with Crippen molar-refractivity contribution in [2.75, 3.05) is 0 Å². The first-order chi connectivity index (χ1) is 24.4. The van der Waals surface area contributed by atoms with Crippen molar-refractivity contribution in [1.82, 2.24) is 9.97 Å². The van der Waals surface area contributed by atoms with Crippen LogP contribution in [0.25, 0.3) is 53.8 Å². The molecule has 1 unspecified atom stereocenters. The zero-order chi connectivity index (χ0) is 34.1. The van der Waals surface area contributed by atoms with Crippen LogP contribution in [0.3, 0.4) is 0 Å². The van der Waals surface area contributed by atoms with Crippen molar-refractivity contribution in [3.63, 3.8) is 0 Å². The second-order valence-electron chi connectivity index (χ2n) is 15.3. The predicted octanol–water partition coefficient (Wildman–Crippen LogP) is 12.0. The Kier molecular flexibility index (Phi) is 11.1. The number of thiophene rings is 1. The van der Waals surface area contributed by atoms with Crippen molar-refractivity contribution in [3.05, 3.63) is 139 Å². The molecule has 259 valence electrons. The van der Waals surface area contributed by atoms with Gasteiger partial charge in [0.15, 0.2) is 0 Å². The van der Waals surface area contributed by atoms with Gasteiger partial charge in [-0.15, -0.1) is 23.8 Å². The van der Waals surface area contributed by atoms with Crippen LogP contribution in [0.15, 0.2) is 122 Å². The minimum atomic E-state index is -1.72. The van der Waals surface area contributed by atoms with Crippen LogP contribution in [0.2, 0.25) is 17.3 Å². The molecule has 0 N–H and O–H groups in total. The van der Waals surface area contributed by atoms with Crippen LogP contribution in [0.1, 0.15) is 37.7 Å². The van der Waals surface area contributed by atoms with E-state index in [9.17, 15) is 0 Å². The Morgan fingerprint density at radius 2 is 1.57 bits per heavy atom. The van der Waals surface area contributed by atoms with Crippen LogP contribution in [0.5, 0.6) is 0 Å². The second kappa shape index (κ2) is 15.7. The van der Waals surface area contributed by atoms with E-state index in [1.165, 1.54) is 79.8 Å². The maximum absolute atomic E-state index is 4.76. The van der Waals surface area contributed by atoms with Gasteiger partial charge in [0.2, 0.25) is 0 Å². The fourth-order valence-electron chi connectivity index (χ4n) is 8.10. The summed E-state index contributed by atoms with van der Waals surface area (Å²) in [6, 6.07) is 45.4. The van der Waals surface area contributed by atoms with E-state index in [1.54, 1.807) is 0 Å². The molecule has 2 bridgehead atoms. The molecular formula is C46H44GeIrN2S-2. The van der Waals surface area contributed by atoms with E-state index in [0.717, 1.165) is 40.3 Å². The summed E-state index contributed by atoms with van der Waals surface area (Å²) in [7, 11) is 0. The van der Waals surface area contributed by atoms with Crippen LogP contribution in [-0.2, 0) is 26.5 Å². The molecule has 0 amide bonds. The van der Waals surface area contributed by atoms with Gasteiger partial charge in [-0.25, -0.2) is 0 Å². The van der Waals surface area contributed by atoms with Gasteiger partial charge in [-0.3, -0.25) is 0 Å². The molecule has 4 aromatic carbocycles. The van der Waals surface area contributed by atoms with E-state index in [4.69, 9.17) is 4.98 Å². The Labute approximate surface area is 323 Å². The Balaban J connectivity index is 0.000000202. The average Bonchev–Trinajstić information content (AvgIpc) is 3.54. The molecule has 1 radical (unpaired) electrons. The Bertz CT molecular complexity index is 2220. The van der Waals surface area contributed by atoms with Crippen molar-refractivity contribution in [1.29, 1.82) is 0 Å². The van der Waals surface area contributed by atoms with E-state index in [1.807, 2.05) is 48.0 Å². The summed E-state index contributed by atoms with van der Waals surface area (Å²) >= 11 is 0.153. The van der Waals surface area contributed by atoms with E-state index in [-0.39, 0.29) is 20.1 Å². The van der Waals surface area contributed by atoms with E-state index < -0.39 is 13.3 Å². The van der Waals surface area contributed by atoms with Gasteiger partial charge in [-0.05, 0) is 76.4 Å². The fraction of sp³-hybridized carbons (Fsp3) is 0.261. The molecule has 1 atom stereocenters. The van der Waals surface area contributed by atoms with Gasteiger partial charge in [0.25, 0.3) is 0 Å². The molecular weight excluding hydrogens is 877 g/mol. The fourth-order valence-corrected chi connectivity index (χ4v) is 11.5. The molecule has 3 aromatic heterocycles. The minimum absolute atomic E-state index is 0. The van der Waals surface area contributed by atoms with Crippen molar-refractivity contribution in [2.45, 2.75) is 55.8 Å². The molecule has 7 aromatic rings. The molecule has 10 rings (SSSR count). The molecule has 3 fully saturated rings. The predicted molar refractivity (Wildman–Crippen MR) is 216 cm³/mol. The van der Waals surface area contributed by atoms with E-state index in [0.29, 0.717) is 0 Å². The van der Waals surface area contributed by atoms with Gasteiger partial charge in [0.1, 0.15) is 0 Å². The number of nitrogens with zero attached hydrogens (tertiary/aromatic N) is 2. The van der Waals surface area contributed by atoms with Gasteiger partial charge in [0, 0.05) is 31.0 Å². The third kappa shape index (κ3) is 8.00. The first kappa shape index (κ1) is 36.0. The molecule has 0 aliphatic heterocycles. The Morgan fingerprint density at radius 1 is 0.745 bits per heavy atom. The van der Waals surface area contributed by atoms with Crippen LogP contribution in [0.4, 0.5) is 0 Å². The first-order valence-corrected chi connectivity index (χ1v) is 26.4. The molecule has 3 heterocycles. The quantitative estimate of drug-likeness (QED) is 0.123. The normalized spacial score (nSPS) is 18.2. The number of rotatable bonds is 6. The number of hydrogen-bond donors (Lipinski definition) is 0. The summed E-state index contributed by atoms with van der Waals surface area (Å²) in [4.78, 5) is 9.29. The maximum atomic E-state index is 4.76. The van der Waals surface area contributed by atoms with Crippen LogP contribution in [0, 0.1) is 29.9 Å². The third-order valence-electron chi connectivity index (χ3n) is 10.9. The molecule has 3 aliphatic rings. The van der Waals surface area contributed by atoms with Crippen molar-refractivity contribution < 1.29 is 20.1 Å². The smallest absolute Gasteiger partial charge is 0.0318 e. The van der Waals surface area contributed by atoms with E-state index in [2.05, 4.69) is 119 Å². The molecule has 3 aliphatic carbocycles. The Morgan fingerprint density at radius 3 is 2.27 bits per heavy atom. The molecule has 0 saturated heterocycles. The summed E-state index contributed by atoms with van der Waals surface area (Å²) in [5.41, 5.74) is 8.25. The maximum Gasteiger partial charge on any atom is 0.0318 e. The summed E-state index contributed by atoms with van der Waals surface area (Å²) in [5.74, 6) is 9.94. The standard InChI is InChI=1S/C32H28NS.C14H16GeN.Ir/c1-2-5-24(6-3-1)27-7-4-8-28-29-20-25(13-14-31(29)34-32(27)28)30-19-22(15-16-33-30)18-26-17-21-9-11-23(26)12-10-21;1-15(2,3)13-9-10-14(16-11-13)12-7-5-4-6-8-12;/h1-8,14-16,19-21,23,26H,9-12,17-18H2;4-7,9-11H,1-3H3;/q2*-1;. The van der Waals surface area contributed by atoms with Gasteiger partial charge in [-0.2, -0.15) is 11.3 Å². The molecule has 3 saturated carbocycles. The van der Waals surface area contributed by atoms with Crippen molar-refractivity contribution in [3.8, 4) is 33.6 Å². The number of hydrogen-bond acceptors (Lipinski definition) is 3. The van der Waals surface area contributed by atoms with Crippen molar-refractivity contribution in [2.24, 2.45) is 17.8 Å². The number of fused-ring (bicyclic) bond motifs is 6. The zero-order valence-corrected chi connectivity index (χ0v) is 35.0. The number of pyridine rings is 2. The average molecular weight is 922 g/mol. The largest absolute Gasteiger partial charge is 0.305 e. The summed E-state index contributed by atoms with van der Waals surface area (Å²) in [5, 5.41) is 2.63. The zero-order valence-electron chi connectivity index (χ0n) is 29.7. The van der Waals surface area contributed by atoms with Crippen molar-refractivity contribution >= 4 is 49.2 Å². The monoisotopic (exact) mass is 923 g/mol. The second-order valence-corrected chi connectivity index (χ2v) is 27.0. The van der Waals surface area contributed by atoms with Crippen LogP contribution in [-0.4, -0.2) is 23.2 Å². The van der Waals surface area contributed by atoms with E-state index >= 15 is 0 Å². The molecule has 51 heavy (non-hydrogen) atoms. The van der Waals surface area contributed by atoms with Gasteiger partial charge < -0.3 is 4.98 Å². The third-order valence-corrected chi connectivity index (χ3v) is 16.4. The summed E-state index contributed by atoms with van der Waals surface area (Å²) < 4.78 is 4.08. The topological polar surface area (TPSA) is 25.8 Å². The molecule has 2 nitrogen and oxygen atoms in total. The number of benzene rings is 4.